The number of H-pyrrole nitrogens is 1. The third-order valence-corrected chi connectivity index (χ3v) is 2.99. The van der Waals surface area contributed by atoms with Crippen LogP contribution < -0.4 is 21.3 Å². The minimum Gasteiger partial charge on any atom is -0.366 e. The highest BCUT2D eigenvalue weighted by Gasteiger charge is 2.21. The van der Waals surface area contributed by atoms with E-state index in [0.717, 1.165) is 0 Å². The van der Waals surface area contributed by atoms with Gasteiger partial charge >= 0.3 is 6.03 Å². The highest BCUT2D eigenvalue weighted by molar-refractivity contribution is 6.02. The van der Waals surface area contributed by atoms with E-state index < -0.39 is 5.91 Å². The molecule has 0 spiro atoms. The van der Waals surface area contributed by atoms with Crippen molar-refractivity contribution in [2.75, 3.05) is 29.0 Å². The molecule has 0 atom stereocenters. The Morgan fingerprint density at radius 1 is 1.43 bits per heavy atom. The highest BCUT2D eigenvalue weighted by atomic mass is 16.2. The first-order valence-corrected chi connectivity index (χ1v) is 6.28. The Balaban J connectivity index is 1.77. The summed E-state index contributed by atoms with van der Waals surface area (Å²) >= 11 is 0. The molecule has 0 saturated carbocycles. The number of nitrogen functional groups attached to an aromatic ring is 1. The summed E-state index contributed by atoms with van der Waals surface area (Å²) in [4.78, 5) is 28.9. The molecule has 0 radical (unpaired) electrons. The zero-order chi connectivity index (χ0) is 14.8. The topological polar surface area (TPSA) is 129 Å². The van der Waals surface area contributed by atoms with E-state index in [1.807, 2.05) is 0 Å². The van der Waals surface area contributed by atoms with Crippen LogP contribution >= 0.6 is 0 Å². The van der Waals surface area contributed by atoms with Crippen LogP contribution in [-0.2, 0) is 0 Å². The predicted octanol–water partition coefficient (Wildman–Crippen LogP) is 0.169. The van der Waals surface area contributed by atoms with Crippen molar-refractivity contribution < 1.29 is 9.59 Å². The van der Waals surface area contributed by atoms with E-state index in [2.05, 4.69) is 25.8 Å². The first-order valence-electron chi connectivity index (χ1n) is 6.28. The third-order valence-electron chi connectivity index (χ3n) is 2.99. The van der Waals surface area contributed by atoms with Gasteiger partial charge in [-0.3, -0.25) is 14.8 Å². The average Bonchev–Trinajstić information content (AvgIpc) is 3.08. The standard InChI is InChI=1S/C12H13N7O2/c13-11-16-9(17-18-11)10(20)15-7-2-1-3-8(6-7)19-5-4-14-12(19)21/h1-3,6H,4-5H2,(H,14,21)(H,15,20)(H3,13,16,17,18). The number of amides is 3. The van der Waals surface area contributed by atoms with Crippen LogP contribution in [0.25, 0.3) is 0 Å². The molecule has 9 nitrogen and oxygen atoms in total. The van der Waals surface area contributed by atoms with Crippen molar-refractivity contribution in [2.45, 2.75) is 0 Å². The van der Waals surface area contributed by atoms with Crippen molar-refractivity contribution in [3.8, 4) is 0 Å². The molecule has 1 aromatic heterocycles. The third kappa shape index (κ3) is 2.61. The summed E-state index contributed by atoms with van der Waals surface area (Å²) in [6.45, 7) is 1.20. The van der Waals surface area contributed by atoms with Gasteiger partial charge in [0.15, 0.2) is 0 Å². The summed E-state index contributed by atoms with van der Waals surface area (Å²) in [5.74, 6) is -0.429. The molecule has 5 N–H and O–H groups in total. The lowest BCUT2D eigenvalue weighted by Crippen LogP contribution is -2.27. The van der Waals surface area contributed by atoms with Crippen LogP contribution in [-0.4, -0.2) is 40.2 Å². The first kappa shape index (κ1) is 12.9. The number of rotatable bonds is 3. The highest BCUT2D eigenvalue weighted by Crippen LogP contribution is 2.21. The van der Waals surface area contributed by atoms with Crippen LogP contribution in [0.15, 0.2) is 24.3 Å². The summed E-state index contributed by atoms with van der Waals surface area (Å²) in [5, 5.41) is 11.4. The van der Waals surface area contributed by atoms with Crippen molar-refractivity contribution in [3.63, 3.8) is 0 Å². The van der Waals surface area contributed by atoms with E-state index >= 15 is 0 Å². The second kappa shape index (κ2) is 5.12. The predicted molar refractivity (Wildman–Crippen MR) is 75.9 cm³/mol. The zero-order valence-corrected chi connectivity index (χ0v) is 11.0. The molecule has 1 aliphatic heterocycles. The second-order valence-corrected chi connectivity index (χ2v) is 4.43. The van der Waals surface area contributed by atoms with Gasteiger partial charge in [-0.05, 0) is 18.2 Å². The molecule has 9 heteroatoms. The maximum absolute atomic E-state index is 11.9. The van der Waals surface area contributed by atoms with Gasteiger partial charge in [0.05, 0.1) is 0 Å². The fourth-order valence-corrected chi connectivity index (χ4v) is 2.04. The maximum Gasteiger partial charge on any atom is 0.321 e. The largest absolute Gasteiger partial charge is 0.366 e. The van der Waals surface area contributed by atoms with Crippen molar-refractivity contribution >= 4 is 29.3 Å². The van der Waals surface area contributed by atoms with Gasteiger partial charge in [-0.2, -0.15) is 4.98 Å². The number of aromatic amines is 1. The fraction of sp³-hybridized carbons (Fsp3) is 0.167. The summed E-state index contributed by atoms with van der Waals surface area (Å²) in [5.41, 5.74) is 6.60. The molecule has 1 aromatic carbocycles. The Morgan fingerprint density at radius 2 is 2.29 bits per heavy atom. The van der Waals surface area contributed by atoms with E-state index in [9.17, 15) is 9.59 Å². The first-order chi connectivity index (χ1) is 10.1. The molecule has 1 aliphatic rings. The molecular formula is C12H13N7O2. The van der Waals surface area contributed by atoms with E-state index in [-0.39, 0.29) is 17.8 Å². The van der Waals surface area contributed by atoms with Gasteiger partial charge in [-0.15, -0.1) is 5.10 Å². The van der Waals surface area contributed by atoms with Crippen molar-refractivity contribution in [2.24, 2.45) is 0 Å². The summed E-state index contributed by atoms with van der Waals surface area (Å²) in [6, 6.07) is 6.83. The number of nitrogens with zero attached hydrogens (tertiary/aromatic N) is 3. The van der Waals surface area contributed by atoms with Crippen LogP contribution in [0, 0.1) is 0 Å². The van der Waals surface area contributed by atoms with Gasteiger partial charge in [0.2, 0.25) is 11.8 Å². The van der Waals surface area contributed by atoms with Gasteiger partial charge in [0.1, 0.15) is 0 Å². The molecule has 1 fully saturated rings. The molecule has 2 aromatic rings. The fourth-order valence-electron chi connectivity index (χ4n) is 2.04. The number of hydrogen-bond acceptors (Lipinski definition) is 5. The van der Waals surface area contributed by atoms with Gasteiger partial charge in [0.25, 0.3) is 5.91 Å². The minimum atomic E-state index is -0.456. The molecule has 21 heavy (non-hydrogen) atoms. The SMILES string of the molecule is Nc1n[nH]c(C(=O)Nc2cccc(N3CCNC3=O)c2)n1. The van der Waals surface area contributed by atoms with Crippen LogP contribution in [0.4, 0.5) is 22.1 Å². The van der Waals surface area contributed by atoms with Gasteiger partial charge in [-0.1, -0.05) is 6.07 Å². The van der Waals surface area contributed by atoms with Crippen LogP contribution in [0.2, 0.25) is 0 Å². The lowest BCUT2D eigenvalue weighted by Gasteiger charge is -2.15. The van der Waals surface area contributed by atoms with Crippen LogP contribution in [0.5, 0.6) is 0 Å². The molecular weight excluding hydrogens is 274 g/mol. The Bertz CT molecular complexity index is 696. The number of hydrogen-bond donors (Lipinski definition) is 4. The Morgan fingerprint density at radius 3 is 2.95 bits per heavy atom. The quantitative estimate of drug-likeness (QED) is 0.639. The summed E-state index contributed by atoms with van der Waals surface area (Å²) in [6.07, 6.45) is 0. The van der Waals surface area contributed by atoms with Gasteiger partial charge in [-0.25, -0.2) is 4.79 Å². The number of carbonyl (C=O) groups excluding carboxylic acids is 2. The number of urea groups is 1. The number of nitrogens with two attached hydrogens (primary N) is 1. The number of anilines is 3. The molecule has 3 rings (SSSR count). The molecule has 0 aliphatic carbocycles. The normalized spacial score (nSPS) is 14.1. The van der Waals surface area contributed by atoms with Crippen molar-refractivity contribution in [1.82, 2.24) is 20.5 Å². The molecule has 1 saturated heterocycles. The molecule has 3 amide bonds. The van der Waals surface area contributed by atoms with Crippen molar-refractivity contribution in [3.05, 3.63) is 30.1 Å². The van der Waals surface area contributed by atoms with Crippen LogP contribution in [0.3, 0.4) is 0 Å². The molecule has 0 bridgehead atoms. The Kier molecular flexibility index (Phi) is 3.14. The molecule has 108 valence electrons. The number of carbonyl (C=O) groups is 2. The lowest BCUT2D eigenvalue weighted by atomic mass is 10.2. The molecule has 2 heterocycles. The summed E-state index contributed by atoms with van der Waals surface area (Å²) < 4.78 is 0. The molecule has 0 unspecified atom stereocenters. The number of benzene rings is 1. The Hall–Kier alpha value is -3.10. The Labute approximate surface area is 119 Å². The second-order valence-electron chi connectivity index (χ2n) is 4.43. The van der Waals surface area contributed by atoms with E-state index in [1.165, 1.54) is 0 Å². The van der Waals surface area contributed by atoms with Crippen LogP contribution in [0.1, 0.15) is 10.6 Å². The minimum absolute atomic E-state index is 0.00244. The average molecular weight is 287 g/mol. The zero-order valence-electron chi connectivity index (χ0n) is 11.0. The maximum atomic E-state index is 11.9. The van der Waals surface area contributed by atoms with Gasteiger partial charge in [0, 0.05) is 24.5 Å². The van der Waals surface area contributed by atoms with E-state index in [0.29, 0.717) is 24.5 Å². The number of nitrogens with one attached hydrogen (secondary N) is 3. The smallest absolute Gasteiger partial charge is 0.321 e. The lowest BCUT2D eigenvalue weighted by molar-refractivity contribution is 0.101. The van der Waals surface area contributed by atoms with Gasteiger partial charge < -0.3 is 16.4 Å². The monoisotopic (exact) mass is 287 g/mol. The van der Waals surface area contributed by atoms with Crippen molar-refractivity contribution in [1.29, 1.82) is 0 Å². The number of aromatic nitrogens is 3. The van der Waals surface area contributed by atoms with E-state index in [1.54, 1.807) is 29.2 Å². The summed E-state index contributed by atoms with van der Waals surface area (Å²) in [7, 11) is 0. The van der Waals surface area contributed by atoms with E-state index in [4.69, 9.17) is 5.73 Å².